The standard InChI is InChI=1S/C16H21F3N2O2/c1-10(2)11(3)21(9-16(17,18)19)15(22)13-7-12-5-4-6-23-14(12)8-20-13/h7-8,10-11H,4-6,9H2,1-3H3/t11-/m1/s1. The number of pyridine rings is 1. The second kappa shape index (κ2) is 6.76. The number of hydrogen-bond donors (Lipinski definition) is 0. The van der Waals surface area contributed by atoms with Crippen molar-refractivity contribution in [2.45, 2.75) is 45.8 Å². The predicted octanol–water partition coefficient (Wildman–Crippen LogP) is 3.46. The van der Waals surface area contributed by atoms with E-state index in [4.69, 9.17) is 4.74 Å². The number of aryl methyl sites for hydroxylation is 1. The maximum Gasteiger partial charge on any atom is 0.406 e. The first-order valence-electron chi connectivity index (χ1n) is 7.68. The van der Waals surface area contributed by atoms with Crippen LogP contribution >= 0.6 is 0 Å². The summed E-state index contributed by atoms with van der Waals surface area (Å²) in [6.07, 6.45) is -1.47. The topological polar surface area (TPSA) is 42.4 Å². The molecule has 0 saturated carbocycles. The van der Waals surface area contributed by atoms with Gasteiger partial charge >= 0.3 is 6.18 Å². The van der Waals surface area contributed by atoms with Crippen LogP contribution in [-0.4, -0.2) is 41.2 Å². The van der Waals surface area contributed by atoms with E-state index in [1.165, 1.54) is 6.20 Å². The molecule has 23 heavy (non-hydrogen) atoms. The minimum absolute atomic E-state index is 0.0333. The minimum Gasteiger partial charge on any atom is -0.492 e. The van der Waals surface area contributed by atoms with E-state index in [1.54, 1.807) is 26.8 Å². The number of ether oxygens (including phenoxy) is 1. The van der Waals surface area contributed by atoms with Crippen molar-refractivity contribution in [1.82, 2.24) is 9.88 Å². The Hall–Kier alpha value is -1.79. The third-order valence-electron chi connectivity index (χ3n) is 4.08. The predicted molar refractivity (Wildman–Crippen MR) is 79.4 cm³/mol. The number of rotatable bonds is 4. The van der Waals surface area contributed by atoms with Crippen LogP contribution in [0.3, 0.4) is 0 Å². The van der Waals surface area contributed by atoms with Gasteiger partial charge in [-0.25, -0.2) is 4.98 Å². The van der Waals surface area contributed by atoms with Crippen molar-refractivity contribution in [2.75, 3.05) is 13.2 Å². The van der Waals surface area contributed by atoms with Gasteiger partial charge in [-0.05, 0) is 37.3 Å². The quantitative estimate of drug-likeness (QED) is 0.849. The smallest absolute Gasteiger partial charge is 0.406 e. The first kappa shape index (κ1) is 17.6. The second-order valence-electron chi connectivity index (χ2n) is 6.16. The monoisotopic (exact) mass is 330 g/mol. The maximum atomic E-state index is 12.8. The van der Waals surface area contributed by atoms with Gasteiger partial charge in [-0.1, -0.05) is 13.8 Å². The summed E-state index contributed by atoms with van der Waals surface area (Å²) in [5.41, 5.74) is 0.852. The van der Waals surface area contributed by atoms with Crippen molar-refractivity contribution in [3.05, 3.63) is 23.5 Å². The van der Waals surface area contributed by atoms with Gasteiger partial charge in [0.25, 0.3) is 5.91 Å². The second-order valence-corrected chi connectivity index (χ2v) is 6.16. The fourth-order valence-electron chi connectivity index (χ4n) is 2.47. The molecule has 1 amide bonds. The van der Waals surface area contributed by atoms with E-state index in [2.05, 4.69) is 4.98 Å². The number of nitrogens with zero attached hydrogens (tertiary/aromatic N) is 2. The average Bonchev–Trinajstić information content (AvgIpc) is 2.49. The highest BCUT2D eigenvalue weighted by atomic mass is 19.4. The van der Waals surface area contributed by atoms with Crippen LogP contribution in [0.5, 0.6) is 5.75 Å². The Labute approximate surface area is 133 Å². The number of halogens is 3. The van der Waals surface area contributed by atoms with Crippen molar-refractivity contribution in [3.63, 3.8) is 0 Å². The first-order chi connectivity index (χ1) is 10.7. The van der Waals surface area contributed by atoms with E-state index in [1.807, 2.05) is 0 Å². The minimum atomic E-state index is -4.45. The molecule has 0 saturated heterocycles. The van der Waals surface area contributed by atoms with Crippen molar-refractivity contribution < 1.29 is 22.7 Å². The van der Waals surface area contributed by atoms with Crippen LogP contribution in [0.2, 0.25) is 0 Å². The van der Waals surface area contributed by atoms with Crippen LogP contribution in [0.4, 0.5) is 13.2 Å². The van der Waals surface area contributed by atoms with Crippen LogP contribution in [0.1, 0.15) is 43.2 Å². The number of alkyl halides is 3. The first-order valence-corrected chi connectivity index (χ1v) is 7.68. The zero-order valence-electron chi connectivity index (χ0n) is 13.5. The normalized spacial score (nSPS) is 15.8. The number of hydrogen-bond acceptors (Lipinski definition) is 3. The van der Waals surface area contributed by atoms with E-state index in [0.29, 0.717) is 12.4 Å². The Morgan fingerprint density at radius 1 is 1.39 bits per heavy atom. The SMILES string of the molecule is CC(C)[C@@H](C)N(CC(F)(F)F)C(=O)c1cc2c(cn1)OCCC2. The summed E-state index contributed by atoms with van der Waals surface area (Å²) in [4.78, 5) is 17.4. The summed E-state index contributed by atoms with van der Waals surface area (Å²) in [6, 6.07) is 1.01. The van der Waals surface area contributed by atoms with Gasteiger partial charge in [0.15, 0.2) is 0 Å². The highest BCUT2D eigenvalue weighted by Gasteiger charge is 2.37. The molecule has 0 N–H and O–H groups in total. The lowest BCUT2D eigenvalue weighted by Crippen LogP contribution is -2.46. The Kier molecular flexibility index (Phi) is 5.16. The van der Waals surface area contributed by atoms with Crippen molar-refractivity contribution in [3.8, 4) is 5.75 Å². The number of aromatic nitrogens is 1. The molecule has 0 bridgehead atoms. The molecule has 2 heterocycles. The Morgan fingerprint density at radius 3 is 2.70 bits per heavy atom. The van der Waals surface area contributed by atoms with Gasteiger partial charge in [0, 0.05) is 6.04 Å². The van der Waals surface area contributed by atoms with Gasteiger partial charge in [-0.15, -0.1) is 0 Å². The molecule has 1 aliphatic rings. The molecular formula is C16H21F3N2O2. The highest BCUT2D eigenvalue weighted by Crippen LogP contribution is 2.26. The van der Waals surface area contributed by atoms with E-state index >= 15 is 0 Å². The molecule has 1 aromatic heterocycles. The van der Waals surface area contributed by atoms with Crippen molar-refractivity contribution in [1.29, 1.82) is 0 Å². The number of fused-ring (bicyclic) bond motifs is 1. The fraction of sp³-hybridized carbons (Fsp3) is 0.625. The molecule has 1 aliphatic heterocycles. The largest absolute Gasteiger partial charge is 0.492 e. The summed E-state index contributed by atoms with van der Waals surface area (Å²) in [7, 11) is 0. The third-order valence-corrected chi connectivity index (χ3v) is 4.08. The zero-order chi connectivity index (χ0) is 17.2. The summed E-state index contributed by atoms with van der Waals surface area (Å²) in [5.74, 6) is -0.189. The maximum absolute atomic E-state index is 12.8. The van der Waals surface area contributed by atoms with Gasteiger partial charge in [0.1, 0.15) is 18.0 Å². The van der Waals surface area contributed by atoms with Crippen molar-refractivity contribution >= 4 is 5.91 Å². The molecular weight excluding hydrogens is 309 g/mol. The molecule has 4 nitrogen and oxygen atoms in total. The zero-order valence-corrected chi connectivity index (χ0v) is 13.5. The average molecular weight is 330 g/mol. The summed E-state index contributed by atoms with van der Waals surface area (Å²) >= 11 is 0. The van der Waals surface area contributed by atoms with Gasteiger partial charge in [-0.3, -0.25) is 4.79 Å². The van der Waals surface area contributed by atoms with Crippen LogP contribution in [0.25, 0.3) is 0 Å². The lowest BCUT2D eigenvalue weighted by atomic mass is 10.0. The Morgan fingerprint density at radius 2 is 2.09 bits per heavy atom. The van der Waals surface area contributed by atoms with Crippen LogP contribution in [0, 0.1) is 5.92 Å². The number of amides is 1. The summed E-state index contributed by atoms with van der Waals surface area (Å²) < 4.78 is 44.0. The third kappa shape index (κ3) is 4.36. The van der Waals surface area contributed by atoms with Gasteiger partial charge < -0.3 is 9.64 Å². The summed E-state index contributed by atoms with van der Waals surface area (Å²) in [5, 5.41) is 0. The molecule has 0 aliphatic carbocycles. The van der Waals surface area contributed by atoms with E-state index in [9.17, 15) is 18.0 Å². The molecule has 0 unspecified atom stereocenters. The molecule has 0 aromatic carbocycles. The molecule has 1 atom stereocenters. The Balaban J connectivity index is 2.29. The highest BCUT2D eigenvalue weighted by molar-refractivity contribution is 5.93. The summed E-state index contributed by atoms with van der Waals surface area (Å²) in [6.45, 7) is 4.51. The van der Waals surface area contributed by atoms with E-state index in [-0.39, 0.29) is 11.6 Å². The van der Waals surface area contributed by atoms with E-state index in [0.717, 1.165) is 23.3 Å². The van der Waals surface area contributed by atoms with Gasteiger partial charge in [-0.2, -0.15) is 13.2 Å². The lowest BCUT2D eigenvalue weighted by molar-refractivity contribution is -0.145. The molecule has 1 aromatic rings. The van der Waals surface area contributed by atoms with Crippen LogP contribution in [-0.2, 0) is 6.42 Å². The number of carbonyl (C=O) groups is 1. The molecule has 128 valence electrons. The van der Waals surface area contributed by atoms with Gasteiger partial charge in [0.2, 0.25) is 0 Å². The number of carbonyl (C=O) groups excluding carboxylic acids is 1. The van der Waals surface area contributed by atoms with E-state index < -0.39 is 24.7 Å². The fourth-order valence-corrected chi connectivity index (χ4v) is 2.47. The van der Waals surface area contributed by atoms with Crippen LogP contribution < -0.4 is 4.74 Å². The molecule has 0 spiro atoms. The van der Waals surface area contributed by atoms with Gasteiger partial charge in [0.05, 0.1) is 12.8 Å². The Bertz CT molecular complexity index is 573. The molecule has 2 rings (SSSR count). The molecule has 0 radical (unpaired) electrons. The van der Waals surface area contributed by atoms with Crippen molar-refractivity contribution in [2.24, 2.45) is 5.92 Å². The van der Waals surface area contributed by atoms with Crippen LogP contribution in [0.15, 0.2) is 12.3 Å². The molecule has 0 fully saturated rings. The lowest BCUT2D eigenvalue weighted by Gasteiger charge is -2.32. The molecule has 7 heteroatoms.